The van der Waals surface area contributed by atoms with Gasteiger partial charge in [0.1, 0.15) is 0 Å². The predicted molar refractivity (Wildman–Crippen MR) is 78.5 cm³/mol. The summed E-state index contributed by atoms with van der Waals surface area (Å²) in [6.07, 6.45) is 5.21. The van der Waals surface area contributed by atoms with E-state index < -0.39 is 0 Å². The van der Waals surface area contributed by atoms with E-state index in [9.17, 15) is 4.79 Å². The second-order valence-corrected chi connectivity index (χ2v) is 6.71. The lowest BCUT2D eigenvalue weighted by Gasteiger charge is -2.37. The monoisotopic (exact) mass is 283 g/mol. The number of esters is 1. The van der Waals surface area contributed by atoms with E-state index in [0.717, 1.165) is 45.3 Å². The third-order valence-electron chi connectivity index (χ3n) is 5.56. The summed E-state index contributed by atoms with van der Waals surface area (Å²) in [5, 5.41) is 0. The van der Waals surface area contributed by atoms with Gasteiger partial charge in [0.15, 0.2) is 0 Å². The van der Waals surface area contributed by atoms with Crippen molar-refractivity contribution in [3.63, 3.8) is 0 Å². The van der Waals surface area contributed by atoms with Gasteiger partial charge in [-0.3, -0.25) is 4.79 Å². The maximum atomic E-state index is 12.3. The van der Waals surface area contributed by atoms with Crippen molar-refractivity contribution >= 4 is 5.97 Å². The van der Waals surface area contributed by atoms with E-state index in [1.807, 2.05) is 0 Å². The van der Waals surface area contributed by atoms with Crippen molar-refractivity contribution in [3.8, 4) is 0 Å². The minimum absolute atomic E-state index is 0.0182. The Morgan fingerprint density at radius 2 is 1.90 bits per heavy atom. The minimum atomic E-state index is -0.279. The van der Waals surface area contributed by atoms with Gasteiger partial charge in [0, 0.05) is 25.3 Å². The van der Waals surface area contributed by atoms with Crippen molar-refractivity contribution in [2.24, 2.45) is 11.3 Å². The Bertz CT molecular complexity index is 339. The molecule has 2 rings (SSSR count). The largest absolute Gasteiger partial charge is 0.469 e. The van der Waals surface area contributed by atoms with Crippen molar-refractivity contribution in [2.75, 3.05) is 27.4 Å². The van der Waals surface area contributed by atoms with E-state index in [-0.39, 0.29) is 11.4 Å². The summed E-state index contributed by atoms with van der Waals surface area (Å²) in [7, 11) is 3.73. The fourth-order valence-electron chi connectivity index (χ4n) is 3.94. The lowest BCUT2D eigenvalue weighted by atomic mass is 9.75. The molecule has 1 heterocycles. The minimum Gasteiger partial charge on any atom is -0.469 e. The van der Waals surface area contributed by atoms with Crippen LogP contribution in [0.1, 0.15) is 46.0 Å². The van der Waals surface area contributed by atoms with E-state index in [1.54, 1.807) is 0 Å². The number of rotatable bonds is 4. The highest BCUT2D eigenvalue weighted by molar-refractivity contribution is 5.77. The first-order chi connectivity index (χ1) is 9.51. The first-order valence-electron chi connectivity index (χ1n) is 7.89. The fourth-order valence-corrected chi connectivity index (χ4v) is 3.94. The van der Waals surface area contributed by atoms with Crippen LogP contribution in [0.2, 0.25) is 0 Å². The molecule has 2 aliphatic rings. The van der Waals surface area contributed by atoms with Crippen LogP contribution < -0.4 is 0 Å². The van der Waals surface area contributed by atoms with Gasteiger partial charge >= 0.3 is 5.97 Å². The van der Waals surface area contributed by atoms with Crippen LogP contribution in [0, 0.1) is 11.3 Å². The molecule has 1 aliphatic heterocycles. The Morgan fingerprint density at radius 1 is 1.25 bits per heavy atom. The maximum Gasteiger partial charge on any atom is 0.312 e. The molecule has 116 valence electrons. The predicted octanol–water partition coefficient (Wildman–Crippen LogP) is 2.47. The molecule has 1 saturated carbocycles. The van der Waals surface area contributed by atoms with E-state index in [0.29, 0.717) is 18.0 Å². The molecule has 0 aromatic rings. The Morgan fingerprint density at radius 3 is 2.45 bits per heavy atom. The zero-order chi connectivity index (χ0) is 14.8. The molecule has 0 N–H and O–H groups in total. The summed E-state index contributed by atoms with van der Waals surface area (Å²) < 4.78 is 10.5. The number of nitrogens with zero attached hydrogens (tertiary/aromatic N) is 1. The number of methoxy groups -OCH3 is 1. The molecule has 20 heavy (non-hydrogen) atoms. The molecule has 2 atom stereocenters. The zero-order valence-corrected chi connectivity index (χ0v) is 13.4. The van der Waals surface area contributed by atoms with Gasteiger partial charge in [0.2, 0.25) is 0 Å². The highest BCUT2D eigenvalue weighted by atomic mass is 16.5. The molecule has 0 bridgehead atoms. The van der Waals surface area contributed by atoms with Gasteiger partial charge < -0.3 is 14.4 Å². The van der Waals surface area contributed by atoms with E-state index in [2.05, 4.69) is 25.8 Å². The number of carbonyl (C=O) groups excluding carboxylic acids is 1. The lowest BCUT2D eigenvalue weighted by molar-refractivity contribution is -0.155. The van der Waals surface area contributed by atoms with Gasteiger partial charge in [-0.1, -0.05) is 13.8 Å². The molecule has 0 radical (unpaired) electrons. The van der Waals surface area contributed by atoms with Crippen LogP contribution >= 0.6 is 0 Å². The fraction of sp³-hybridized carbons (Fsp3) is 0.938. The number of hydrogen-bond donors (Lipinski definition) is 0. The Balaban J connectivity index is 2.04. The SMILES string of the molecule is COC(=O)C1(C(C)C)CCC(N(C)C2CCOCC2)C1. The van der Waals surface area contributed by atoms with Crippen LogP contribution in [0.3, 0.4) is 0 Å². The molecule has 1 aliphatic carbocycles. The zero-order valence-electron chi connectivity index (χ0n) is 13.4. The van der Waals surface area contributed by atoms with Crippen LogP contribution in [0.4, 0.5) is 0 Å². The average molecular weight is 283 g/mol. The third-order valence-corrected chi connectivity index (χ3v) is 5.56. The average Bonchev–Trinajstić information content (AvgIpc) is 2.93. The quantitative estimate of drug-likeness (QED) is 0.743. The highest BCUT2D eigenvalue weighted by Gasteiger charge is 2.49. The molecule has 4 heteroatoms. The molecular weight excluding hydrogens is 254 g/mol. The molecular formula is C16H29NO3. The van der Waals surface area contributed by atoms with Gasteiger partial charge in [-0.05, 0) is 45.1 Å². The van der Waals surface area contributed by atoms with E-state index in [1.165, 1.54) is 7.11 Å². The molecule has 2 fully saturated rings. The van der Waals surface area contributed by atoms with Crippen molar-refractivity contribution in [3.05, 3.63) is 0 Å². The second kappa shape index (κ2) is 6.44. The van der Waals surface area contributed by atoms with Crippen LogP contribution in [0.15, 0.2) is 0 Å². The summed E-state index contributed by atoms with van der Waals surface area (Å²) in [5.41, 5.74) is -0.279. The molecule has 0 amide bonds. The van der Waals surface area contributed by atoms with Crippen molar-refractivity contribution in [1.29, 1.82) is 0 Å². The van der Waals surface area contributed by atoms with Crippen LogP contribution in [-0.2, 0) is 14.3 Å². The summed E-state index contributed by atoms with van der Waals surface area (Å²) in [4.78, 5) is 14.8. The van der Waals surface area contributed by atoms with Crippen LogP contribution in [0.25, 0.3) is 0 Å². The van der Waals surface area contributed by atoms with Gasteiger partial charge in [-0.2, -0.15) is 0 Å². The Hall–Kier alpha value is -0.610. The summed E-state index contributed by atoms with van der Waals surface area (Å²) >= 11 is 0. The molecule has 2 unspecified atom stereocenters. The third kappa shape index (κ3) is 2.86. The summed E-state index contributed by atoms with van der Waals surface area (Å²) in [6, 6.07) is 1.11. The normalized spacial score (nSPS) is 32.0. The Labute approximate surface area is 122 Å². The van der Waals surface area contributed by atoms with Gasteiger partial charge in [-0.25, -0.2) is 0 Å². The molecule has 0 aromatic heterocycles. The van der Waals surface area contributed by atoms with Gasteiger partial charge in [0.25, 0.3) is 0 Å². The molecule has 1 saturated heterocycles. The van der Waals surface area contributed by atoms with Crippen LogP contribution in [-0.4, -0.2) is 50.3 Å². The number of hydrogen-bond acceptors (Lipinski definition) is 4. The maximum absolute atomic E-state index is 12.3. The Kier molecular flexibility index (Phi) is 5.08. The van der Waals surface area contributed by atoms with Crippen molar-refractivity contribution < 1.29 is 14.3 Å². The molecule has 4 nitrogen and oxygen atoms in total. The van der Waals surface area contributed by atoms with Gasteiger partial charge in [-0.15, -0.1) is 0 Å². The topological polar surface area (TPSA) is 38.8 Å². The summed E-state index contributed by atoms with van der Waals surface area (Å²) in [5.74, 6) is 0.318. The van der Waals surface area contributed by atoms with E-state index in [4.69, 9.17) is 9.47 Å². The number of carbonyl (C=O) groups is 1. The number of ether oxygens (including phenoxy) is 2. The first-order valence-corrected chi connectivity index (χ1v) is 7.89. The molecule has 0 aromatic carbocycles. The first kappa shape index (κ1) is 15.8. The molecule has 0 spiro atoms. The highest BCUT2D eigenvalue weighted by Crippen LogP contribution is 2.47. The summed E-state index contributed by atoms with van der Waals surface area (Å²) in [6.45, 7) is 6.03. The van der Waals surface area contributed by atoms with Crippen molar-refractivity contribution in [2.45, 2.75) is 58.0 Å². The standard InChI is InChI=1S/C16H29NO3/c1-12(2)16(15(18)19-4)8-5-14(11-16)17(3)13-6-9-20-10-7-13/h12-14H,5-11H2,1-4H3. The van der Waals surface area contributed by atoms with Crippen molar-refractivity contribution in [1.82, 2.24) is 4.90 Å². The van der Waals surface area contributed by atoms with Crippen LogP contribution in [0.5, 0.6) is 0 Å². The second-order valence-electron chi connectivity index (χ2n) is 6.71. The lowest BCUT2D eigenvalue weighted by Crippen LogP contribution is -2.44. The van der Waals surface area contributed by atoms with E-state index >= 15 is 0 Å². The van der Waals surface area contributed by atoms with Gasteiger partial charge in [0.05, 0.1) is 12.5 Å². The smallest absolute Gasteiger partial charge is 0.312 e.